The topological polar surface area (TPSA) is 38.9 Å². The summed E-state index contributed by atoms with van der Waals surface area (Å²) in [5.74, 6) is 3.54. The first-order valence-corrected chi connectivity index (χ1v) is 7.63. The normalized spacial score (nSPS) is 21.8. The monoisotopic (exact) mass is 242 g/mol. The average molecular weight is 242 g/mol. The van der Waals surface area contributed by atoms with Gasteiger partial charge in [0.05, 0.1) is 10.7 Å². The van der Waals surface area contributed by atoms with Crippen LogP contribution in [0.5, 0.6) is 0 Å². The molecular formula is C11H18N2S2. The number of hydrogen-bond acceptors (Lipinski definition) is 4. The van der Waals surface area contributed by atoms with Crippen molar-refractivity contribution in [3.8, 4) is 0 Å². The van der Waals surface area contributed by atoms with Crippen LogP contribution in [0.1, 0.15) is 23.5 Å². The van der Waals surface area contributed by atoms with Crippen molar-refractivity contribution in [2.24, 2.45) is 11.7 Å². The molecule has 0 aliphatic carbocycles. The largest absolute Gasteiger partial charge is 0.330 e. The van der Waals surface area contributed by atoms with E-state index in [1.807, 2.05) is 11.3 Å². The Bertz CT molecular complexity index is 293. The Kier molecular flexibility index (Phi) is 4.47. The summed E-state index contributed by atoms with van der Waals surface area (Å²) in [6.45, 7) is 0.711. The lowest BCUT2D eigenvalue weighted by molar-refractivity contribution is 0.519. The maximum Gasteiger partial charge on any atom is 0.0931 e. The lowest BCUT2D eigenvalue weighted by atomic mass is 10.0. The second kappa shape index (κ2) is 5.87. The minimum atomic E-state index is 0.711. The van der Waals surface area contributed by atoms with Gasteiger partial charge in [0, 0.05) is 18.2 Å². The molecule has 1 fully saturated rings. The van der Waals surface area contributed by atoms with E-state index in [-0.39, 0.29) is 0 Å². The highest BCUT2D eigenvalue weighted by Crippen LogP contribution is 2.26. The molecule has 4 heteroatoms. The van der Waals surface area contributed by atoms with Gasteiger partial charge in [-0.25, -0.2) is 4.98 Å². The Morgan fingerprint density at radius 1 is 1.53 bits per heavy atom. The molecule has 0 spiro atoms. The summed E-state index contributed by atoms with van der Waals surface area (Å²) in [7, 11) is 0. The summed E-state index contributed by atoms with van der Waals surface area (Å²) >= 11 is 3.90. The fourth-order valence-corrected chi connectivity index (χ4v) is 4.02. The van der Waals surface area contributed by atoms with Crippen molar-refractivity contribution in [2.45, 2.75) is 25.7 Å². The third-order valence-electron chi connectivity index (χ3n) is 2.72. The fraction of sp³-hybridized carbons (Fsp3) is 0.727. The Morgan fingerprint density at radius 2 is 2.47 bits per heavy atom. The highest BCUT2D eigenvalue weighted by Gasteiger charge is 2.15. The zero-order valence-corrected chi connectivity index (χ0v) is 10.6. The quantitative estimate of drug-likeness (QED) is 0.881. The summed E-state index contributed by atoms with van der Waals surface area (Å²) in [6, 6.07) is 0. The van der Waals surface area contributed by atoms with Crippen LogP contribution in [0.2, 0.25) is 0 Å². The third kappa shape index (κ3) is 3.47. The number of hydrogen-bond donors (Lipinski definition) is 1. The van der Waals surface area contributed by atoms with E-state index >= 15 is 0 Å². The van der Waals surface area contributed by atoms with Gasteiger partial charge >= 0.3 is 0 Å². The number of nitrogens with zero attached hydrogens (tertiary/aromatic N) is 1. The van der Waals surface area contributed by atoms with Gasteiger partial charge in [-0.15, -0.1) is 11.3 Å². The van der Waals surface area contributed by atoms with Crippen LogP contribution in [0.4, 0.5) is 0 Å². The van der Waals surface area contributed by atoms with Crippen molar-refractivity contribution in [3.63, 3.8) is 0 Å². The molecule has 15 heavy (non-hydrogen) atoms. The van der Waals surface area contributed by atoms with Gasteiger partial charge in [-0.1, -0.05) is 0 Å². The van der Waals surface area contributed by atoms with Gasteiger partial charge in [0.15, 0.2) is 0 Å². The van der Waals surface area contributed by atoms with Gasteiger partial charge in [0.2, 0.25) is 0 Å². The van der Waals surface area contributed by atoms with Crippen LogP contribution in [0.15, 0.2) is 5.38 Å². The van der Waals surface area contributed by atoms with Gasteiger partial charge in [0.1, 0.15) is 0 Å². The standard InChI is InChI=1S/C11H18N2S2/c12-4-3-10-8-15-11(13-10)6-9-2-1-5-14-7-9/h8-9H,1-7,12H2. The van der Waals surface area contributed by atoms with E-state index in [4.69, 9.17) is 5.73 Å². The van der Waals surface area contributed by atoms with Crippen LogP contribution < -0.4 is 5.73 Å². The summed E-state index contributed by atoms with van der Waals surface area (Å²) in [6.07, 6.45) is 4.88. The minimum absolute atomic E-state index is 0.711. The molecule has 0 amide bonds. The Balaban J connectivity index is 1.86. The summed E-state index contributed by atoms with van der Waals surface area (Å²) in [4.78, 5) is 4.62. The summed E-state index contributed by atoms with van der Waals surface area (Å²) < 4.78 is 0. The summed E-state index contributed by atoms with van der Waals surface area (Å²) in [5, 5.41) is 3.48. The smallest absolute Gasteiger partial charge is 0.0931 e. The van der Waals surface area contributed by atoms with Crippen molar-refractivity contribution in [3.05, 3.63) is 16.1 Å². The molecule has 2 rings (SSSR count). The molecule has 0 saturated carbocycles. The van der Waals surface area contributed by atoms with Crippen molar-refractivity contribution in [1.82, 2.24) is 4.98 Å². The zero-order valence-electron chi connectivity index (χ0n) is 8.95. The first kappa shape index (κ1) is 11.4. The Hall–Kier alpha value is -0.0600. The lowest BCUT2D eigenvalue weighted by Crippen LogP contribution is -2.13. The molecule has 0 bridgehead atoms. The Morgan fingerprint density at radius 3 is 3.20 bits per heavy atom. The van der Waals surface area contributed by atoms with Crippen molar-refractivity contribution < 1.29 is 0 Å². The van der Waals surface area contributed by atoms with Gasteiger partial charge in [0.25, 0.3) is 0 Å². The molecule has 2 N–H and O–H groups in total. The fourth-order valence-electron chi connectivity index (χ4n) is 1.92. The number of thiazole rings is 1. The molecule has 84 valence electrons. The van der Waals surface area contributed by atoms with E-state index in [1.54, 1.807) is 0 Å². The number of aromatic nitrogens is 1. The second-order valence-electron chi connectivity index (χ2n) is 4.06. The molecule has 1 aromatic heterocycles. The predicted octanol–water partition coefficient (Wildman–Crippen LogP) is 2.33. The van der Waals surface area contributed by atoms with Crippen molar-refractivity contribution in [2.75, 3.05) is 18.1 Å². The first-order chi connectivity index (χ1) is 7.38. The van der Waals surface area contributed by atoms with E-state index in [9.17, 15) is 0 Å². The van der Waals surface area contributed by atoms with Gasteiger partial charge in [-0.3, -0.25) is 0 Å². The van der Waals surface area contributed by atoms with E-state index in [0.717, 1.165) is 12.3 Å². The molecule has 1 aliphatic rings. The van der Waals surface area contributed by atoms with E-state index in [2.05, 4.69) is 22.1 Å². The van der Waals surface area contributed by atoms with Crippen LogP contribution in [0, 0.1) is 5.92 Å². The van der Waals surface area contributed by atoms with Gasteiger partial charge in [-0.2, -0.15) is 11.8 Å². The van der Waals surface area contributed by atoms with Crippen LogP contribution in [0.3, 0.4) is 0 Å². The molecule has 1 aromatic rings. The Labute approximate surface area is 99.7 Å². The average Bonchev–Trinajstić information content (AvgIpc) is 2.68. The number of thioether (sulfide) groups is 1. The van der Waals surface area contributed by atoms with Crippen LogP contribution in [-0.4, -0.2) is 23.0 Å². The van der Waals surface area contributed by atoms with Crippen molar-refractivity contribution in [1.29, 1.82) is 0 Å². The first-order valence-electron chi connectivity index (χ1n) is 5.59. The van der Waals surface area contributed by atoms with Crippen LogP contribution >= 0.6 is 23.1 Å². The van der Waals surface area contributed by atoms with Gasteiger partial charge < -0.3 is 5.73 Å². The van der Waals surface area contributed by atoms with Gasteiger partial charge in [-0.05, 0) is 36.8 Å². The number of nitrogens with two attached hydrogens (primary N) is 1. The highest BCUT2D eigenvalue weighted by molar-refractivity contribution is 7.99. The predicted molar refractivity (Wildman–Crippen MR) is 68.6 cm³/mol. The number of rotatable bonds is 4. The molecule has 2 nitrogen and oxygen atoms in total. The zero-order chi connectivity index (χ0) is 10.5. The molecule has 0 radical (unpaired) electrons. The molecule has 1 aliphatic heterocycles. The van der Waals surface area contributed by atoms with E-state index in [1.165, 1.54) is 41.5 Å². The molecule has 1 unspecified atom stereocenters. The second-order valence-corrected chi connectivity index (χ2v) is 6.15. The summed E-state index contributed by atoms with van der Waals surface area (Å²) in [5.41, 5.74) is 6.70. The molecule has 1 atom stereocenters. The van der Waals surface area contributed by atoms with Crippen LogP contribution in [0.25, 0.3) is 0 Å². The molecular weight excluding hydrogens is 224 g/mol. The third-order valence-corrected chi connectivity index (χ3v) is 4.92. The maximum atomic E-state index is 5.52. The highest BCUT2D eigenvalue weighted by atomic mass is 32.2. The maximum absolute atomic E-state index is 5.52. The lowest BCUT2D eigenvalue weighted by Gasteiger charge is -2.19. The molecule has 1 saturated heterocycles. The van der Waals surface area contributed by atoms with Crippen molar-refractivity contribution >= 4 is 23.1 Å². The van der Waals surface area contributed by atoms with E-state index < -0.39 is 0 Å². The molecule has 0 aromatic carbocycles. The molecule has 2 heterocycles. The SMILES string of the molecule is NCCc1csc(CC2CCCSC2)n1. The van der Waals surface area contributed by atoms with E-state index in [0.29, 0.717) is 6.54 Å². The van der Waals surface area contributed by atoms with Crippen LogP contribution in [-0.2, 0) is 12.8 Å². The minimum Gasteiger partial charge on any atom is -0.330 e.